The number of hydrogen-bond acceptors (Lipinski definition) is 8. The number of rotatable bonds is 10. The van der Waals surface area contributed by atoms with Crippen molar-refractivity contribution in [3.63, 3.8) is 0 Å². The van der Waals surface area contributed by atoms with Gasteiger partial charge in [0.2, 0.25) is 17.7 Å². The first-order valence-corrected chi connectivity index (χ1v) is 22.0. The Labute approximate surface area is 360 Å². The fourth-order valence-electron chi connectivity index (χ4n) is 9.80. The molecule has 4 N–H and O–H groups in total. The number of aromatic amines is 2. The van der Waals surface area contributed by atoms with Crippen molar-refractivity contribution in [3.8, 4) is 39.4 Å². The van der Waals surface area contributed by atoms with Gasteiger partial charge < -0.3 is 39.9 Å². The third-order valence-corrected chi connectivity index (χ3v) is 13.3. The first-order valence-electron chi connectivity index (χ1n) is 22.0. The van der Waals surface area contributed by atoms with Crippen molar-refractivity contribution in [1.29, 1.82) is 0 Å². The summed E-state index contributed by atoms with van der Waals surface area (Å²) in [5.74, 6) is 1.92. The van der Waals surface area contributed by atoms with Crippen LogP contribution in [0.15, 0.2) is 66.9 Å². The number of nitrogens with one attached hydrogen (secondary N) is 4. The molecule has 1 saturated carbocycles. The highest BCUT2D eigenvalue weighted by Gasteiger charge is 2.41. The third-order valence-electron chi connectivity index (χ3n) is 13.3. The van der Waals surface area contributed by atoms with Gasteiger partial charge in [-0.25, -0.2) is 14.8 Å². The molecule has 1 unspecified atom stereocenters. The number of ether oxygens (including phenoxy) is 2. The summed E-state index contributed by atoms with van der Waals surface area (Å²) >= 11 is 0. The molecule has 0 bridgehead atoms. The van der Waals surface area contributed by atoms with Crippen LogP contribution in [0.5, 0.6) is 5.75 Å². The van der Waals surface area contributed by atoms with Crippen LogP contribution in [0.4, 0.5) is 4.79 Å². The molecule has 62 heavy (non-hydrogen) atoms. The lowest BCUT2D eigenvalue weighted by Crippen LogP contribution is -2.51. The molecule has 10 rings (SSSR count). The molecule has 4 atom stereocenters. The van der Waals surface area contributed by atoms with Crippen LogP contribution in [0, 0.1) is 11.8 Å². The predicted molar refractivity (Wildman–Crippen MR) is 230 cm³/mol. The molecule has 5 heterocycles. The van der Waals surface area contributed by atoms with Crippen molar-refractivity contribution >= 4 is 23.8 Å². The van der Waals surface area contributed by atoms with E-state index in [0.29, 0.717) is 19.7 Å². The molecule has 2 aromatic heterocycles. The molecule has 4 amide bonds. The van der Waals surface area contributed by atoms with Crippen LogP contribution < -0.4 is 15.4 Å². The summed E-state index contributed by atoms with van der Waals surface area (Å²) < 4.78 is 11.3. The number of fused-ring (bicyclic) bond motifs is 6. The molecular formula is C48H52N8O6. The van der Waals surface area contributed by atoms with Gasteiger partial charge in [-0.1, -0.05) is 56.3 Å². The quantitative estimate of drug-likeness (QED) is 0.115. The molecule has 14 nitrogen and oxygen atoms in total. The molecule has 2 saturated heterocycles. The SMILES string of the molecule is COC(=O)NC(C(=O)N1CCC[C@H]1c1ncc(-c2ccc3c(c2)COc2cc4c(cc2-3)CCc2nc([C@@H]3CCCN3C(=O)[C@H](NC(=O)C3CC3)c3ccccc3)[nH]c2-4)[nH]1)C(C)C. The van der Waals surface area contributed by atoms with Crippen LogP contribution in [-0.4, -0.2) is 79.8 Å². The molecule has 5 aromatic rings. The summed E-state index contributed by atoms with van der Waals surface area (Å²) in [6, 6.07) is 18.5. The van der Waals surface area contributed by atoms with Gasteiger partial charge in [0, 0.05) is 30.1 Å². The zero-order chi connectivity index (χ0) is 42.6. The van der Waals surface area contributed by atoms with Crippen LogP contribution >= 0.6 is 0 Å². The Morgan fingerprint density at radius 2 is 1.56 bits per heavy atom. The average Bonchev–Trinajstić information content (AvgIpc) is 3.70. The van der Waals surface area contributed by atoms with E-state index in [4.69, 9.17) is 19.4 Å². The number of likely N-dealkylation sites (tertiary alicyclic amines) is 2. The number of hydrogen-bond donors (Lipinski definition) is 4. The van der Waals surface area contributed by atoms with Crippen molar-refractivity contribution in [1.82, 2.24) is 40.4 Å². The molecule has 3 aromatic carbocycles. The molecule has 0 spiro atoms. The van der Waals surface area contributed by atoms with Gasteiger partial charge in [0.05, 0.1) is 42.5 Å². The largest absolute Gasteiger partial charge is 0.488 e. The van der Waals surface area contributed by atoms with Crippen molar-refractivity contribution in [3.05, 3.63) is 101 Å². The van der Waals surface area contributed by atoms with Gasteiger partial charge in [-0.3, -0.25) is 14.4 Å². The lowest BCUT2D eigenvalue weighted by molar-refractivity contribution is -0.138. The lowest BCUT2D eigenvalue weighted by atomic mass is 9.86. The number of carbonyl (C=O) groups excluding carboxylic acids is 4. The topological polar surface area (TPSA) is 175 Å². The molecule has 14 heteroatoms. The van der Waals surface area contributed by atoms with E-state index in [0.717, 1.165) is 119 Å². The Bertz CT molecular complexity index is 2560. The molecule has 3 fully saturated rings. The van der Waals surface area contributed by atoms with Crippen LogP contribution in [0.3, 0.4) is 0 Å². The number of aryl methyl sites for hydroxylation is 2. The highest BCUT2D eigenvalue weighted by atomic mass is 16.5. The fourth-order valence-corrected chi connectivity index (χ4v) is 9.80. The molecule has 5 aliphatic rings. The lowest BCUT2D eigenvalue weighted by Gasteiger charge is -2.30. The van der Waals surface area contributed by atoms with Gasteiger partial charge in [-0.05, 0) is 103 Å². The van der Waals surface area contributed by atoms with Gasteiger partial charge in [-0.15, -0.1) is 0 Å². The fraction of sp³-hybridized carbons (Fsp3) is 0.417. The maximum absolute atomic E-state index is 14.3. The summed E-state index contributed by atoms with van der Waals surface area (Å²) in [7, 11) is 1.30. The Balaban J connectivity index is 0.872. The predicted octanol–water partition coefficient (Wildman–Crippen LogP) is 7.10. The highest BCUT2D eigenvalue weighted by molar-refractivity contribution is 5.91. The summed E-state index contributed by atoms with van der Waals surface area (Å²) in [4.78, 5) is 73.7. The Morgan fingerprint density at radius 3 is 2.31 bits per heavy atom. The van der Waals surface area contributed by atoms with Crippen molar-refractivity contribution in [2.45, 2.75) is 96.0 Å². The highest BCUT2D eigenvalue weighted by Crippen LogP contribution is 2.46. The minimum absolute atomic E-state index is 0.00463. The number of carbonyl (C=O) groups is 4. The van der Waals surface area contributed by atoms with Gasteiger partial charge in [0.25, 0.3) is 0 Å². The number of alkyl carbamates (subject to hydrolysis) is 1. The minimum atomic E-state index is -0.739. The number of benzene rings is 3. The smallest absolute Gasteiger partial charge is 0.407 e. The van der Waals surface area contributed by atoms with Crippen molar-refractivity contribution in [2.24, 2.45) is 11.8 Å². The van der Waals surface area contributed by atoms with E-state index in [1.165, 1.54) is 12.7 Å². The number of methoxy groups -OCH3 is 1. The molecular weight excluding hydrogens is 785 g/mol. The summed E-state index contributed by atoms with van der Waals surface area (Å²) in [5, 5.41) is 5.79. The van der Waals surface area contributed by atoms with E-state index >= 15 is 0 Å². The van der Waals surface area contributed by atoms with Crippen LogP contribution in [0.25, 0.3) is 33.6 Å². The van der Waals surface area contributed by atoms with E-state index in [9.17, 15) is 19.2 Å². The summed E-state index contributed by atoms with van der Waals surface area (Å²) in [5.41, 5.74) is 10.1. The number of amides is 4. The van der Waals surface area contributed by atoms with Crippen molar-refractivity contribution in [2.75, 3.05) is 20.2 Å². The zero-order valence-electron chi connectivity index (χ0n) is 35.3. The number of H-pyrrole nitrogens is 2. The van der Waals surface area contributed by atoms with Crippen molar-refractivity contribution < 1.29 is 28.7 Å². The standard InChI is InChI=1S/C48H52N8O6/c1-26(2)40(54-48(60)61-3)46(58)55-19-7-11-37(55)43-49-24-36(51-43)30-15-17-32-31(21-30)25-62-39-23-33-29(22-34(32)39)16-18-35-42(33)52-44(50-35)38-12-8-20-56(38)47(59)41(27-9-5-4-6-10-27)53-45(57)28-13-14-28/h4-6,9-10,15,17,21-24,26,28,37-38,40-41H,7-8,11-14,16,18-20,25H2,1-3H3,(H,49,51)(H,50,52)(H,53,57)(H,54,60)/t37-,38-,40?,41+/m0/s1. The third kappa shape index (κ3) is 7.28. The average molecular weight is 837 g/mol. The second-order valence-electron chi connectivity index (χ2n) is 17.7. The van der Waals surface area contributed by atoms with Gasteiger partial charge >= 0.3 is 6.09 Å². The van der Waals surface area contributed by atoms with Crippen LogP contribution in [0.1, 0.15) is 105 Å². The maximum Gasteiger partial charge on any atom is 0.407 e. The first kappa shape index (κ1) is 39.7. The maximum atomic E-state index is 14.3. The summed E-state index contributed by atoms with van der Waals surface area (Å²) in [6.07, 6.45) is 7.82. The monoisotopic (exact) mass is 836 g/mol. The second-order valence-corrected chi connectivity index (χ2v) is 17.7. The summed E-state index contributed by atoms with van der Waals surface area (Å²) in [6.45, 7) is 5.42. The Kier molecular flexibility index (Phi) is 10.3. The van der Waals surface area contributed by atoms with E-state index < -0.39 is 18.2 Å². The minimum Gasteiger partial charge on any atom is -0.488 e. The van der Waals surface area contributed by atoms with E-state index in [-0.39, 0.29) is 41.6 Å². The Morgan fingerprint density at radius 1 is 0.806 bits per heavy atom. The van der Waals surface area contributed by atoms with Gasteiger partial charge in [0.15, 0.2) is 0 Å². The van der Waals surface area contributed by atoms with Crippen LogP contribution in [-0.2, 0) is 38.6 Å². The van der Waals surface area contributed by atoms with Gasteiger partial charge in [-0.2, -0.15) is 0 Å². The van der Waals surface area contributed by atoms with Gasteiger partial charge in [0.1, 0.15) is 36.1 Å². The second kappa shape index (κ2) is 16.1. The molecule has 320 valence electrons. The number of nitrogens with zero attached hydrogens (tertiary/aromatic N) is 4. The van der Waals surface area contributed by atoms with E-state index in [2.05, 4.69) is 50.9 Å². The zero-order valence-corrected chi connectivity index (χ0v) is 35.3. The first-order chi connectivity index (χ1) is 30.1. The Hall–Kier alpha value is -6.44. The molecule has 3 aliphatic heterocycles. The number of aromatic nitrogens is 4. The number of imidazole rings is 2. The van der Waals surface area contributed by atoms with Crippen LogP contribution in [0.2, 0.25) is 0 Å². The molecule has 2 aliphatic carbocycles. The normalized spacial score (nSPS) is 19.7. The van der Waals surface area contributed by atoms with E-state index in [1.54, 1.807) is 0 Å². The van der Waals surface area contributed by atoms with E-state index in [1.807, 2.05) is 60.2 Å². The molecule has 0 radical (unpaired) electrons.